The van der Waals surface area contributed by atoms with Crippen molar-refractivity contribution < 1.29 is 19.0 Å². The normalized spacial score (nSPS) is 10.7. The molecular weight excluding hydrogens is 347 g/mol. The molecule has 0 radical (unpaired) electrons. The highest BCUT2D eigenvalue weighted by atomic mass is 31.1. The number of ether oxygens (including phenoxy) is 3. The summed E-state index contributed by atoms with van der Waals surface area (Å²) in [6, 6.07) is 22.4. The van der Waals surface area contributed by atoms with E-state index >= 15 is 0 Å². The van der Waals surface area contributed by atoms with Crippen molar-refractivity contribution in [3.05, 3.63) is 78.4 Å². The molecule has 3 rings (SSSR count). The molecule has 3 aromatic rings. The molecule has 0 aromatic heterocycles. The van der Waals surface area contributed by atoms with E-state index in [-0.39, 0.29) is 14.1 Å². The molecular formula is C21H19O4P. The van der Waals surface area contributed by atoms with Crippen molar-refractivity contribution in [1.82, 2.24) is 0 Å². The molecule has 5 heteroatoms. The minimum Gasteiger partial charge on any atom is -0.496 e. The summed E-state index contributed by atoms with van der Waals surface area (Å²) in [5.41, 5.74) is 0.441. The van der Waals surface area contributed by atoms with E-state index in [1.807, 2.05) is 54.6 Å². The minimum atomic E-state index is -0.0357. The van der Waals surface area contributed by atoms with Gasteiger partial charge in [-0.1, -0.05) is 36.4 Å². The molecule has 4 nitrogen and oxygen atoms in total. The number of carbonyl (C=O) groups excluding carboxylic acids is 1. The predicted octanol–water partition coefficient (Wildman–Crippen LogP) is 4.64. The van der Waals surface area contributed by atoms with Crippen molar-refractivity contribution in [2.75, 3.05) is 14.2 Å². The minimum absolute atomic E-state index is 0.0315. The Morgan fingerprint density at radius 3 is 1.88 bits per heavy atom. The van der Waals surface area contributed by atoms with E-state index in [0.717, 1.165) is 16.8 Å². The van der Waals surface area contributed by atoms with Gasteiger partial charge in [-0.3, -0.25) is 4.79 Å². The number of carbonyl (C=O) groups is 1. The van der Waals surface area contributed by atoms with Gasteiger partial charge in [-0.25, -0.2) is 0 Å². The summed E-state index contributed by atoms with van der Waals surface area (Å²) in [7, 11) is 3.06. The van der Waals surface area contributed by atoms with Crippen molar-refractivity contribution in [3.63, 3.8) is 0 Å². The van der Waals surface area contributed by atoms with E-state index in [0.29, 0.717) is 17.1 Å². The zero-order valence-corrected chi connectivity index (χ0v) is 15.6. The van der Waals surface area contributed by atoms with Crippen LogP contribution >= 0.6 is 8.58 Å². The summed E-state index contributed by atoms with van der Waals surface area (Å²) in [4.78, 5) is 12.8. The summed E-state index contributed by atoms with van der Waals surface area (Å²) in [5.74, 6) is 2.54. The maximum Gasteiger partial charge on any atom is 0.193 e. The van der Waals surface area contributed by atoms with Gasteiger partial charge in [0.15, 0.2) is 5.52 Å². The fourth-order valence-corrected chi connectivity index (χ4v) is 3.47. The molecule has 0 spiro atoms. The number of hydrogen-bond donors (Lipinski definition) is 0. The lowest BCUT2D eigenvalue weighted by molar-refractivity contribution is 0.108. The molecule has 0 heterocycles. The second-order valence-electron chi connectivity index (χ2n) is 5.43. The highest BCUT2D eigenvalue weighted by molar-refractivity contribution is 7.66. The predicted molar refractivity (Wildman–Crippen MR) is 105 cm³/mol. The molecule has 3 aromatic carbocycles. The van der Waals surface area contributed by atoms with Crippen LogP contribution in [0.15, 0.2) is 72.8 Å². The second kappa shape index (κ2) is 8.50. The summed E-state index contributed by atoms with van der Waals surface area (Å²) in [6.45, 7) is 0. The maximum atomic E-state index is 12.8. The van der Waals surface area contributed by atoms with Crippen LogP contribution in [0.1, 0.15) is 10.4 Å². The molecule has 0 fully saturated rings. The molecule has 1 unspecified atom stereocenters. The largest absolute Gasteiger partial charge is 0.496 e. The average Bonchev–Trinajstić information content (AvgIpc) is 2.69. The number of methoxy groups -OCH3 is 2. The number of para-hydroxylation sites is 1. The smallest absolute Gasteiger partial charge is 0.193 e. The fourth-order valence-electron chi connectivity index (χ4n) is 2.50. The van der Waals surface area contributed by atoms with Gasteiger partial charge in [0.2, 0.25) is 0 Å². The zero-order chi connectivity index (χ0) is 18.4. The van der Waals surface area contributed by atoms with Crippen molar-refractivity contribution in [2.45, 2.75) is 0 Å². The first-order valence-corrected chi connectivity index (χ1v) is 9.06. The van der Waals surface area contributed by atoms with Crippen LogP contribution in [0.3, 0.4) is 0 Å². The molecule has 26 heavy (non-hydrogen) atoms. The number of benzene rings is 3. The Balaban J connectivity index is 1.74. The third-order valence-corrected chi connectivity index (χ3v) is 4.85. The number of rotatable bonds is 7. The van der Waals surface area contributed by atoms with Crippen molar-refractivity contribution >= 4 is 19.4 Å². The highest BCUT2D eigenvalue weighted by Crippen LogP contribution is 2.34. The Morgan fingerprint density at radius 1 is 0.731 bits per heavy atom. The zero-order valence-electron chi connectivity index (χ0n) is 14.6. The van der Waals surface area contributed by atoms with Crippen LogP contribution in [0.2, 0.25) is 0 Å². The van der Waals surface area contributed by atoms with Crippen molar-refractivity contribution in [1.29, 1.82) is 0 Å². The van der Waals surface area contributed by atoms with E-state index in [1.54, 1.807) is 32.4 Å². The van der Waals surface area contributed by atoms with Gasteiger partial charge >= 0.3 is 0 Å². The summed E-state index contributed by atoms with van der Waals surface area (Å²) >= 11 is 0. The van der Waals surface area contributed by atoms with Gasteiger partial charge in [-0.15, -0.1) is 0 Å². The molecule has 132 valence electrons. The summed E-state index contributed by atoms with van der Waals surface area (Å²) < 4.78 is 16.4. The Bertz CT molecular complexity index is 854. The van der Waals surface area contributed by atoms with E-state index in [2.05, 4.69) is 0 Å². The van der Waals surface area contributed by atoms with Crippen LogP contribution in [0, 0.1) is 0 Å². The summed E-state index contributed by atoms with van der Waals surface area (Å²) in [5, 5.41) is 0.920. The van der Waals surface area contributed by atoms with E-state index in [9.17, 15) is 4.79 Å². The van der Waals surface area contributed by atoms with Gasteiger partial charge in [0, 0.05) is 0 Å². The van der Waals surface area contributed by atoms with E-state index in [1.165, 1.54) is 0 Å². The molecule has 0 amide bonds. The fraction of sp³-hybridized carbons (Fsp3) is 0.0952. The second-order valence-corrected chi connectivity index (χ2v) is 6.71. The highest BCUT2D eigenvalue weighted by Gasteiger charge is 2.18. The van der Waals surface area contributed by atoms with Gasteiger partial charge < -0.3 is 14.2 Å². The average molecular weight is 366 g/mol. The topological polar surface area (TPSA) is 44.8 Å². The quantitative estimate of drug-likeness (QED) is 0.572. The Labute approximate surface area is 154 Å². The van der Waals surface area contributed by atoms with Crippen molar-refractivity contribution in [3.8, 4) is 23.0 Å². The molecule has 0 aliphatic rings. The molecule has 0 aliphatic carbocycles. The lowest BCUT2D eigenvalue weighted by Gasteiger charge is -2.12. The molecule has 0 aliphatic heterocycles. The first kappa shape index (κ1) is 18.0. The first-order chi connectivity index (χ1) is 12.7. The standard InChI is InChI=1S/C21H19O4P/c1-23-18-9-6-10-19(24-2)20(18)21(22)26-17-13-11-16(12-14-17)25-15-7-4-3-5-8-15/h3-14,26H,1-2H3. The van der Waals surface area contributed by atoms with Crippen LogP contribution in [-0.4, -0.2) is 19.7 Å². The molecule has 0 N–H and O–H groups in total. The summed E-state index contributed by atoms with van der Waals surface area (Å²) in [6.07, 6.45) is 0. The maximum absolute atomic E-state index is 12.8. The molecule has 0 bridgehead atoms. The molecule has 0 saturated heterocycles. The first-order valence-electron chi connectivity index (χ1n) is 8.06. The Morgan fingerprint density at radius 2 is 1.31 bits per heavy atom. The number of hydrogen-bond acceptors (Lipinski definition) is 4. The van der Waals surface area contributed by atoms with E-state index < -0.39 is 0 Å². The van der Waals surface area contributed by atoms with E-state index in [4.69, 9.17) is 14.2 Å². The molecule has 0 saturated carbocycles. The van der Waals surface area contributed by atoms with Gasteiger partial charge in [0.1, 0.15) is 28.6 Å². The van der Waals surface area contributed by atoms with Gasteiger partial charge in [-0.05, 0) is 50.3 Å². The van der Waals surface area contributed by atoms with Crippen LogP contribution in [0.4, 0.5) is 0 Å². The van der Waals surface area contributed by atoms with Crippen LogP contribution < -0.4 is 19.5 Å². The lowest BCUT2D eigenvalue weighted by atomic mass is 10.2. The monoisotopic (exact) mass is 366 g/mol. The van der Waals surface area contributed by atoms with Crippen LogP contribution in [0.25, 0.3) is 0 Å². The van der Waals surface area contributed by atoms with Crippen molar-refractivity contribution in [2.24, 2.45) is 0 Å². The third-order valence-electron chi connectivity index (χ3n) is 3.75. The van der Waals surface area contributed by atoms with Crippen LogP contribution in [-0.2, 0) is 0 Å². The van der Waals surface area contributed by atoms with Crippen LogP contribution in [0.5, 0.6) is 23.0 Å². The third kappa shape index (κ3) is 4.22. The van der Waals surface area contributed by atoms with Gasteiger partial charge in [0.05, 0.1) is 14.2 Å². The Kier molecular flexibility index (Phi) is 5.88. The SMILES string of the molecule is COc1cccc(OC)c1C(=O)Pc1ccc(Oc2ccccc2)cc1. The van der Waals surface area contributed by atoms with Gasteiger partial charge in [0.25, 0.3) is 0 Å². The molecule has 1 atom stereocenters. The van der Waals surface area contributed by atoms with Gasteiger partial charge in [-0.2, -0.15) is 0 Å². The Hall–Kier alpha value is -2.84. The lowest BCUT2D eigenvalue weighted by Crippen LogP contribution is -2.05.